The lowest BCUT2D eigenvalue weighted by molar-refractivity contribution is 0.0140. The fraction of sp³-hybridized carbons (Fsp3) is 0.538. The Morgan fingerprint density at radius 3 is 2.72 bits per heavy atom. The second-order valence-corrected chi connectivity index (χ2v) is 4.99. The minimum absolute atomic E-state index is 0.0795. The van der Waals surface area contributed by atoms with Gasteiger partial charge in [0.05, 0.1) is 25.9 Å². The van der Waals surface area contributed by atoms with Crippen molar-refractivity contribution in [2.75, 3.05) is 32.8 Å². The molecule has 1 aliphatic rings. The van der Waals surface area contributed by atoms with Crippen LogP contribution in [0.25, 0.3) is 0 Å². The Kier molecular flexibility index (Phi) is 5.03. The Morgan fingerprint density at radius 1 is 1.33 bits per heavy atom. The van der Waals surface area contributed by atoms with Crippen LogP contribution in [-0.4, -0.2) is 48.0 Å². The minimum atomic E-state index is -0.584. The first-order valence-electron chi connectivity index (χ1n) is 6.11. The van der Waals surface area contributed by atoms with Crippen LogP contribution < -0.4 is 0 Å². The van der Waals surface area contributed by atoms with Crippen LogP contribution in [0.5, 0.6) is 0 Å². The summed E-state index contributed by atoms with van der Waals surface area (Å²) < 4.78 is 5.27. The maximum Gasteiger partial charge on any atom is 0.0920 e. The van der Waals surface area contributed by atoms with Crippen molar-refractivity contribution in [1.29, 1.82) is 0 Å². The van der Waals surface area contributed by atoms with E-state index < -0.39 is 6.10 Å². The number of hydrogen-bond donors (Lipinski definition) is 3. The van der Waals surface area contributed by atoms with Crippen molar-refractivity contribution in [3.63, 3.8) is 0 Å². The third-order valence-corrected chi connectivity index (χ3v) is 3.47. The number of aliphatic hydroxyl groups excluding tert-OH is 2. The van der Waals surface area contributed by atoms with Crippen LogP contribution >= 0.6 is 12.6 Å². The summed E-state index contributed by atoms with van der Waals surface area (Å²) in [6.07, 6.45) is -0.584. The summed E-state index contributed by atoms with van der Waals surface area (Å²) >= 11 is 4.23. The number of benzene rings is 1. The van der Waals surface area contributed by atoms with Gasteiger partial charge in [-0.05, 0) is 23.3 Å². The van der Waals surface area contributed by atoms with E-state index in [1.54, 1.807) is 6.07 Å². The van der Waals surface area contributed by atoms with Crippen molar-refractivity contribution in [2.45, 2.75) is 17.6 Å². The molecule has 1 aromatic carbocycles. The molecule has 0 saturated carbocycles. The summed E-state index contributed by atoms with van der Waals surface area (Å²) in [4.78, 5) is 2.96. The van der Waals surface area contributed by atoms with E-state index in [0.29, 0.717) is 6.54 Å². The maximum atomic E-state index is 10.3. The minimum Gasteiger partial charge on any atom is -0.392 e. The topological polar surface area (TPSA) is 52.9 Å². The molecule has 0 amide bonds. The number of ether oxygens (including phenoxy) is 1. The first-order valence-corrected chi connectivity index (χ1v) is 6.56. The molecule has 0 bridgehead atoms. The molecule has 100 valence electrons. The predicted octanol–water partition coefficient (Wildman–Crippen LogP) is 0.833. The molecular weight excluding hydrogens is 250 g/mol. The molecule has 1 unspecified atom stereocenters. The predicted molar refractivity (Wildman–Crippen MR) is 71.8 cm³/mol. The summed E-state index contributed by atoms with van der Waals surface area (Å²) in [7, 11) is 0. The molecule has 1 aromatic rings. The highest BCUT2D eigenvalue weighted by molar-refractivity contribution is 7.80. The standard InChI is InChI=1S/C13H19NO3S/c15-9-10-7-11(18)1-2-12(10)13(16)8-14-3-5-17-6-4-14/h1-2,7,13,15-16,18H,3-6,8-9H2. The van der Waals surface area contributed by atoms with E-state index in [4.69, 9.17) is 4.74 Å². The van der Waals surface area contributed by atoms with Crippen LogP contribution in [-0.2, 0) is 11.3 Å². The molecule has 0 radical (unpaired) electrons. The van der Waals surface area contributed by atoms with Crippen molar-refractivity contribution in [3.8, 4) is 0 Å². The van der Waals surface area contributed by atoms with Gasteiger partial charge in [-0.25, -0.2) is 0 Å². The monoisotopic (exact) mass is 269 g/mol. The Hall–Kier alpha value is -0.590. The van der Waals surface area contributed by atoms with Crippen LogP contribution in [0.3, 0.4) is 0 Å². The fourth-order valence-corrected chi connectivity index (χ4v) is 2.41. The lowest BCUT2D eigenvalue weighted by Crippen LogP contribution is -2.38. The third-order valence-electron chi connectivity index (χ3n) is 3.19. The molecule has 1 saturated heterocycles. The van der Waals surface area contributed by atoms with Crippen LogP contribution in [0.4, 0.5) is 0 Å². The zero-order valence-electron chi connectivity index (χ0n) is 10.2. The van der Waals surface area contributed by atoms with E-state index in [-0.39, 0.29) is 6.61 Å². The number of thiol groups is 1. The van der Waals surface area contributed by atoms with E-state index in [0.717, 1.165) is 42.3 Å². The van der Waals surface area contributed by atoms with Crippen molar-refractivity contribution in [2.24, 2.45) is 0 Å². The normalized spacial score (nSPS) is 18.8. The Labute approximate surface area is 113 Å². The van der Waals surface area contributed by atoms with Crippen LogP contribution in [0, 0.1) is 0 Å². The number of aliphatic hydroxyl groups is 2. The van der Waals surface area contributed by atoms with Gasteiger partial charge >= 0.3 is 0 Å². The van der Waals surface area contributed by atoms with Gasteiger partial charge in [0.1, 0.15) is 0 Å². The molecule has 1 aliphatic heterocycles. The van der Waals surface area contributed by atoms with Crippen molar-refractivity contribution in [3.05, 3.63) is 29.3 Å². The van der Waals surface area contributed by atoms with Crippen molar-refractivity contribution in [1.82, 2.24) is 4.90 Å². The van der Waals surface area contributed by atoms with Gasteiger partial charge in [-0.3, -0.25) is 4.90 Å². The van der Waals surface area contributed by atoms with Gasteiger partial charge in [0, 0.05) is 24.5 Å². The molecule has 18 heavy (non-hydrogen) atoms. The second kappa shape index (κ2) is 6.54. The maximum absolute atomic E-state index is 10.3. The quantitative estimate of drug-likeness (QED) is 0.709. The average molecular weight is 269 g/mol. The molecule has 5 heteroatoms. The van der Waals surface area contributed by atoms with Crippen LogP contribution in [0.2, 0.25) is 0 Å². The molecule has 4 nitrogen and oxygen atoms in total. The summed E-state index contributed by atoms with van der Waals surface area (Å²) in [5, 5.41) is 19.6. The number of β-amino-alcohol motifs (C(OH)–C–C–N with tert-alkyl or cyclic N) is 1. The van der Waals surface area contributed by atoms with Gasteiger partial charge in [-0.15, -0.1) is 12.6 Å². The summed E-state index contributed by atoms with van der Waals surface area (Å²) in [5.41, 5.74) is 1.52. The molecule has 0 spiro atoms. The average Bonchev–Trinajstić information content (AvgIpc) is 2.39. The first kappa shape index (κ1) is 13.8. The smallest absolute Gasteiger partial charge is 0.0920 e. The molecule has 0 aromatic heterocycles. The van der Waals surface area contributed by atoms with Crippen molar-refractivity contribution >= 4 is 12.6 Å². The number of nitrogens with zero attached hydrogens (tertiary/aromatic N) is 1. The molecule has 1 atom stereocenters. The first-order chi connectivity index (χ1) is 8.70. The van der Waals surface area contributed by atoms with E-state index in [1.807, 2.05) is 12.1 Å². The number of hydrogen-bond acceptors (Lipinski definition) is 5. The zero-order chi connectivity index (χ0) is 13.0. The highest BCUT2D eigenvalue weighted by Gasteiger charge is 2.18. The third kappa shape index (κ3) is 3.46. The summed E-state index contributed by atoms with van der Waals surface area (Å²) in [5.74, 6) is 0. The van der Waals surface area contributed by atoms with E-state index >= 15 is 0 Å². The van der Waals surface area contributed by atoms with E-state index in [9.17, 15) is 10.2 Å². The molecular formula is C13H19NO3S. The molecule has 1 fully saturated rings. The van der Waals surface area contributed by atoms with Gasteiger partial charge < -0.3 is 14.9 Å². The lowest BCUT2D eigenvalue weighted by atomic mass is 10.0. The van der Waals surface area contributed by atoms with Crippen LogP contribution in [0.15, 0.2) is 23.1 Å². The number of morpholine rings is 1. The molecule has 2 N–H and O–H groups in total. The van der Waals surface area contributed by atoms with Gasteiger partial charge in [0.15, 0.2) is 0 Å². The summed E-state index contributed by atoms with van der Waals surface area (Å²) in [6, 6.07) is 5.46. The highest BCUT2D eigenvalue weighted by atomic mass is 32.1. The van der Waals surface area contributed by atoms with Gasteiger partial charge in [-0.1, -0.05) is 6.07 Å². The lowest BCUT2D eigenvalue weighted by Gasteiger charge is -2.29. The van der Waals surface area contributed by atoms with Gasteiger partial charge in [-0.2, -0.15) is 0 Å². The van der Waals surface area contributed by atoms with Crippen LogP contribution in [0.1, 0.15) is 17.2 Å². The SMILES string of the molecule is OCc1cc(S)ccc1C(O)CN1CCOCC1. The molecule has 0 aliphatic carbocycles. The highest BCUT2D eigenvalue weighted by Crippen LogP contribution is 2.22. The zero-order valence-corrected chi connectivity index (χ0v) is 11.1. The number of rotatable bonds is 4. The Morgan fingerprint density at radius 2 is 2.06 bits per heavy atom. The molecule has 1 heterocycles. The molecule has 2 rings (SSSR count). The Balaban J connectivity index is 2.05. The largest absolute Gasteiger partial charge is 0.392 e. The van der Waals surface area contributed by atoms with E-state index in [2.05, 4.69) is 17.5 Å². The van der Waals surface area contributed by atoms with Gasteiger partial charge in [0.2, 0.25) is 0 Å². The van der Waals surface area contributed by atoms with E-state index in [1.165, 1.54) is 0 Å². The summed E-state index contributed by atoms with van der Waals surface area (Å²) in [6.45, 7) is 3.61. The second-order valence-electron chi connectivity index (χ2n) is 4.47. The Bertz CT molecular complexity index is 394. The van der Waals surface area contributed by atoms with Crippen molar-refractivity contribution < 1.29 is 14.9 Å². The fourth-order valence-electron chi connectivity index (χ4n) is 2.18. The van der Waals surface area contributed by atoms with Gasteiger partial charge in [0.25, 0.3) is 0 Å².